The van der Waals surface area contributed by atoms with Crippen LogP contribution in [0.5, 0.6) is 0 Å². The second kappa shape index (κ2) is 7.49. The van der Waals surface area contributed by atoms with Gasteiger partial charge < -0.3 is 15.0 Å². The molecular formula is C22H27N3O5S. The van der Waals surface area contributed by atoms with Crippen molar-refractivity contribution >= 4 is 38.5 Å². The zero-order valence-electron chi connectivity index (χ0n) is 18.1. The van der Waals surface area contributed by atoms with Crippen molar-refractivity contribution in [3.63, 3.8) is 0 Å². The van der Waals surface area contributed by atoms with Crippen LogP contribution in [0.4, 0.5) is 10.5 Å². The Hall–Kier alpha value is -2.65. The summed E-state index contributed by atoms with van der Waals surface area (Å²) in [6.07, 6.45) is -0.0535. The molecule has 2 aliphatic heterocycles. The maximum Gasteiger partial charge on any atom is 0.407 e. The lowest BCUT2D eigenvalue weighted by Crippen LogP contribution is -2.41. The predicted octanol–water partition coefficient (Wildman–Crippen LogP) is 3.11. The molecule has 2 amide bonds. The first-order chi connectivity index (χ1) is 14.5. The summed E-state index contributed by atoms with van der Waals surface area (Å²) >= 11 is 0. The number of hydrogen-bond acceptors (Lipinski definition) is 5. The van der Waals surface area contributed by atoms with Crippen LogP contribution >= 0.6 is 0 Å². The number of nitrogens with one attached hydrogen (secondary N) is 1. The van der Waals surface area contributed by atoms with Gasteiger partial charge in [-0.15, -0.1) is 0 Å². The lowest BCUT2D eigenvalue weighted by atomic mass is 10.1. The highest BCUT2D eigenvalue weighted by molar-refractivity contribution is 7.89. The van der Waals surface area contributed by atoms with E-state index in [1.54, 1.807) is 56.0 Å². The molecular weight excluding hydrogens is 418 g/mol. The zero-order chi connectivity index (χ0) is 22.6. The number of carbonyl (C=O) groups is 2. The third kappa shape index (κ3) is 3.76. The van der Waals surface area contributed by atoms with Gasteiger partial charge in [0.1, 0.15) is 5.60 Å². The van der Waals surface area contributed by atoms with E-state index in [9.17, 15) is 18.0 Å². The van der Waals surface area contributed by atoms with Crippen LogP contribution in [0.15, 0.2) is 35.2 Å². The number of sulfonamides is 1. The molecule has 0 saturated carbocycles. The highest BCUT2D eigenvalue weighted by atomic mass is 32.2. The number of anilines is 1. The van der Waals surface area contributed by atoms with Gasteiger partial charge in [-0.05, 0) is 52.3 Å². The second-order valence-corrected chi connectivity index (χ2v) is 10.8. The number of hydrogen-bond donors (Lipinski definition) is 1. The smallest absolute Gasteiger partial charge is 0.407 e. The van der Waals surface area contributed by atoms with Gasteiger partial charge in [0.25, 0.3) is 5.91 Å². The lowest BCUT2D eigenvalue weighted by Gasteiger charge is -2.22. The minimum Gasteiger partial charge on any atom is -0.444 e. The van der Waals surface area contributed by atoms with Gasteiger partial charge in [-0.25, -0.2) is 13.2 Å². The van der Waals surface area contributed by atoms with Crippen LogP contribution in [0.3, 0.4) is 0 Å². The van der Waals surface area contributed by atoms with E-state index in [-0.39, 0.29) is 23.4 Å². The van der Waals surface area contributed by atoms with Gasteiger partial charge in [0, 0.05) is 42.0 Å². The van der Waals surface area contributed by atoms with E-state index in [2.05, 4.69) is 5.32 Å². The number of amides is 2. The van der Waals surface area contributed by atoms with Crippen molar-refractivity contribution < 1.29 is 22.7 Å². The summed E-state index contributed by atoms with van der Waals surface area (Å²) in [5, 5.41) is 3.98. The number of nitrogens with zero attached hydrogens (tertiary/aromatic N) is 2. The third-order valence-corrected chi connectivity index (χ3v) is 7.47. The number of alkyl carbamates (subject to hydrolysis) is 1. The molecule has 1 atom stereocenters. The molecule has 1 fully saturated rings. The van der Waals surface area contributed by atoms with Crippen molar-refractivity contribution in [3.05, 3.63) is 35.9 Å². The Balaban J connectivity index is 1.62. The zero-order valence-corrected chi connectivity index (χ0v) is 19.0. The molecule has 1 saturated heterocycles. The predicted molar refractivity (Wildman–Crippen MR) is 118 cm³/mol. The normalized spacial score (nSPS) is 19.3. The Morgan fingerprint density at radius 2 is 1.97 bits per heavy atom. The van der Waals surface area contributed by atoms with Gasteiger partial charge in [0.15, 0.2) is 0 Å². The van der Waals surface area contributed by atoms with Crippen molar-refractivity contribution in [1.29, 1.82) is 0 Å². The summed E-state index contributed by atoms with van der Waals surface area (Å²) in [6, 6.07) is 8.16. The standard InChI is InChI=1S/C22H27N3O5S/c1-5-25-17-9-10-18(15-7-6-8-16(19(15)17)20(25)26)31(28,29)24-12-11-14(13-24)23-21(27)30-22(2,3)4/h6-10,14H,5,11-13H2,1-4H3,(H,23,27)/t14-/m0/s1. The molecule has 1 N–H and O–H groups in total. The van der Waals surface area contributed by atoms with Crippen molar-refractivity contribution in [2.45, 2.75) is 50.7 Å². The van der Waals surface area contributed by atoms with E-state index in [0.717, 1.165) is 5.69 Å². The van der Waals surface area contributed by atoms with Crippen molar-refractivity contribution in [2.75, 3.05) is 24.5 Å². The minimum absolute atomic E-state index is 0.111. The third-order valence-electron chi connectivity index (χ3n) is 5.55. The molecule has 9 heteroatoms. The highest BCUT2D eigenvalue weighted by Crippen LogP contribution is 2.40. The Kier molecular flexibility index (Phi) is 5.21. The van der Waals surface area contributed by atoms with Gasteiger partial charge in [-0.1, -0.05) is 12.1 Å². The van der Waals surface area contributed by atoms with Crippen molar-refractivity contribution in [1.82, 2.24) is 9.62 Å². The second-order valence-electron chi connectivity index (χ2n) is 8.86. The Morgan fingerprint density at radius 3 is 2.65 bits per heavy atom. The fourth-order valence-corrected chi connectivity index (χ4v) is 5.92. The Labute approximate surface area is 182 Å². The molecule has 2 heterocycles. The monoisotopic (exact) mass is 445 g/mol. The molecule has 0 spiro atoms. The molecule has 0 aliphatic carbocycles. The largest absolute Gasteiger partial charge is 0.444 e. The summed E-state index contributed by atoms with van der Waals surface area (Å²) < 4.78 is 33.6. The van der Waals surface area contributed by atoms with Crippen molar-refractivity contribution in [3.8, 4) is 0 Å². The molecule has 0 aromatic heterocycles. The van der Waals surface area contributed by atoms with Crippen LogP contribution in [0.2, 0.25) is 0 Å². The minimum atomic E-state index is -3.81. The molecule has 31 heavy (non-hydrogen) atoms. The van der Waals surface area contributed by atoms with Crippen LogP contribution < -0.4 is 10.2 Å². The first kappa shape index (κ1) is 21.6. The maximum atomic E-state index is 13.5. The first-order valence-corrected chi connectivity index (χ1v) is 11.8. The van der Waals surface area contributed by atoms with Crippen LogP contribution in [-0.4, -0.2) is 56.0 Å². The van der Waals surface area contributed by atoms with Crippen molar-refractivity contribution in [2.24, 2.45) is 0 Å². The molecule has 166 valence electrons. The average molecular weight is 446 g/mol. The summed E-state index contributed by atoms with van der Waals surface area (Å²) in [4.78, 5) is 26.6. The maximum absolute atomic E-state index is 13.5. The molecule has 2 aliphatic rings. The summed E-state index contributed by atoms with van der Waals surface area (Å²) in [5.41, 5.74) is 0.642. The number of benzene rings is 2. The van der Waals surface area contributed by atoms with Gasteiger partial charge >= 0.3 is 6.09 Å². The van der Waals surface area contributed by atoms with Gasteiger partial charge in [0.2, 0.25) is 10.0 Å². The van der Waals surface area contributed by atoms with E-state index in [1.165, 1.54) is 4.31 Å². The molecule has 2 aromatic rings. The first-order valence-electron chi connectivity index (χ1n) is 10.4. The van der Waals surface area contributed by atoms with E-state index >= 15 is 0 Å². The summed E-state index contributed by atoms with van der Waals surface area (Å²) in [7, 11) is -3.81. The molecule has 8 nitrogen and oxygen atoms in total. The fourth-order valence-electron chi connectivity index (χ4n) is 4.24. The Morgan fingerprint density at radius 1 is 1.23 bits per heavy atom. The quantitative estimate of drug-likeness (QED) is 0.780. The number of ether oxygens (including phenoxy) is 1. The fraction of sp³-hybridized carbons (Fsp3) is 0.455. The molecule has 2 aromatic carbocycles. The molecule has 4 rings (SSSR count). The number of carbonyl (C=O) groups excluding carboxylic acids is 2. The molecule has 0 bridgehead atoms. The van der Waals surface area contributed by atoms with Crippen LogP contribution in [0.25, 0.3) is 10.8 Å². The number of rotatable bonds is 4. The summed E-state index contributed by atoms with van der Waals surface area (Å²) in [6.45, 7) is 8.20. The van der Waals surface area contributed by atoms with Gasteiger partial charge in [-0.3, -0.25) is 4.79 Å². The van der Waals surface area contributed by atoms with Crippen LogP contribution in [0, 0.1) is 0 Å². The topological polar surface area (TPSA) is 96.0 Å². The van der Waals surface area contributed by atoms with E-state index in [1.807, 2.05) is 6.92 Å². The molecule has 0 unspecified atom stereocenters. The van der Waals surface area contributed by atoms with Crippen LogP contribution in [-0.2, 0) is 14.8 Å². The highest BCUT2D eigenvalue weighted by Gasteiger charge is 2.37. The summed E-state index contributed by atoms with van der Waals surface area (Å²) in [5.74, 6) is -0.111. The van der Waals surface area contributed by atoms with E-state index in [0.29, 0.717) is 35.8 Å². The van der Waals surface area contributed by atoms with Gasteiger partial charge in [-0.2, -0.15) is 4.31 Å². The van der Waals surface area contributed by atoms with Crippen LogP contribution in [0.1, 0.15) is 44.5 Å². The van der Waals surface area contributed by atoms with Gasteiger partial charge in [0.05, 0.1) is 10.6 Å². The SMILES string of the molecule is CCN1C(=O)c2cccc3c(S(=O)(=O)N4CC[C@H](NC(=O)OC(C)(C)C)C4)ccc1c23. The average Bonchev–Trinajstić information content (AvgIpc) is 3.25. The Bertz CT molecular complexity index is 1170. The lowest BCUT2D eigenvalue weighted by molar-refractivity contribution is 0.0507. The molecule has 0 radical (unpaired) electrons. The van der Waals surface area contributed by atoms with E-state index < -0.39 is 21.7 Å². The van der Waals surface area contributed by atoms with E-state index in [4.69, 9.17) is 4.74 Å².